The summed E-state index contributed by atoms with van der Waals surface area (Å²) in [6, 6.07) is 18.5. The molecule has 76 valence electrons. The first-order valence-corrected chi connectivity index (χ1v) is 5.37. The number of hydrogen-bond donors (Lipinski definition) is 0. The maximum atomic E-state index is 8.77. The van der Waals surface area contributed by atoms with Gasteiger partial charge in [-0.1, -0.05) is 36.4 Å². The van der Waals surface area contributed by atoms with Crippen LogP contribution in [0.2, 0.25) is 0 Å². The highest BCUT2D eigenvalue weighted by atomic mass is 14.5. The van der Waals surface area contributed by atoms with Crippen LogP contribution in [0, 0.1) is 11.3 Å². The first kappa shape index (κ1) is 9.18. The van der Waals surface area contributed by atoms with Crippen LogP contribution in [0.1, 0.15) is 29.2 Å². The Morgan fingerprint density at radius 3 is 2.00 bits per heavy atom. The van der Waals surface area contributed by atoms with E-state index in [0.717, 1.165) is 5.56 Å². The van der Waals surface area contributed by atoms with Crippen molar-refractivity contribution in [2.45, 2.75) is 12.3 Å². The van der Waals surface area contributed by atoms with Crippen LogP contribution in [0.5, 0.6) is 0 Å². The summed E-state index contributed by atoms with van der Waals surface area (Å²) in [4.78, 5) is 0. The predicted molar refractivity (Wildman–Crippen MR) is 63.2 cm³/mol. The van der Waals surface area contributed by atoms with E-state index in [0.29, 0.717) is 0 Å². The van der Waals surface area contributed by atoms with Crippen molar-refractivity contribution in [3.8, 4) is 6.07 Å². The molecule has 0 heterocycles. The third-order valence-corrected chi connectivity index (χ3v) is 3.53. The Hall–Kier alpha value is -2.07. The molecule has 1 nitrogen and oxygen atoms in total. The zero-order valence-electron chi connectivity index (χ0n) is 9.07. The number of nitriles is 1. The van der Waals surface area contributed by atoms with Crippen LogP contribution in [0.15, 0.2) is 48.5 Å². The Balaban J connectivity index is 2.05. The average Bonchev–Trinajstić information content (AvgIpc) is 2.98. The summed E-state index contributed by atoms with van der Waals surface area (Å²) in [7, 11) is 0. The monoisotopic (exact) mass is 205 g/mol. The average molecular weight is 205 g/mol. The number of benzene rings is 2. The summed E-state index contributed by atoms with van der Waals surface area (Å²) >= 11 is 0. The van der Waals surface area contributed by atoms with E-state index in [9.17, 15) is 0 Å². The smallest absolute Gasteiger partial charge is 0.0991 e. The summed E-state index contributed by atoms with van der Waals surface area (Å²) in [5.41, 5.74) is 4.88. The van der Waals surface area contributed by atoms with Crippen molar-refractivity contribution in [1.29, 1.82) is 5.26 Å². The van der Waals surface area contributed by atoms with E-state index in [-0.39, 0.29) is 5.41 Å². The van der Waals surface area contributed by atoms with Crippen molar-refractivity contribution in [2.24, 2.45) is 0 Å². The molecule has 2 aromatic rings. The highest BCUT2D eigenvalue weighted by molar-refractivity contribution is 5.66. The number of nitrogens with zero attached hydrogens (tertiary/aromatic N) is 1. The van der Waals surface area contributed by atoms with Gasteiger partial charge >= 0.3 is 0 Å². The van der Waals surface area contributed by atoms with Crippen LogP contribution in [-0.2, 0) is 5.41 Å². The van der Waals surface area contributed by atoms with Crippen LogP contribution < -0.4 is 0 Å². The maximum absolute atomic E-state index is 8.77. The van der Waals surface area contributed by atoms with Gasteiger partial charge in [-0.25, -0.2) is 0 Å². The lowest BCUT2D eigenvalue weighted by molar-refractivity contribution is 0.853. The van der Waals surface area contributed by atoms with Gasteiger partial charge < -0.3 is 0 Å². The van der Waals surface area contributed by atoms with Gasteiger partial charge in [0.2, 0.25) is 0 Å². The second kappa shape index (κ2) is 2.96. The fourth-order valence-corrected chi connectivity index (χ4v) is 2.43. The molecule has 1 heteroatoms. The van der Waals surface area contributed by atoms with Crippen molar-refractivity contribution < 1.29 is 0 Å². The minimum absolute atomic E-state index is 0.0808. The Kier molecular flexibility index (Phi) is 1.70. The predicted octanol–water partition coefficient (Wildman–Crippen LogP) is 3.23. The van der Waals surface area contributed by atoms with Crippen molar-refractivity contribution in [3.63, 3.8) is 0 Å². The third-order valence-electron chi connectivity index (χ3n) is 3.53. The highest BCUT2D eigenvalue weighted by Crippen LogP contribution is 2.53. The van der Waals surface area contributed by atoms with Gasteiger partial charge in [-0.15, -0.1) is 0 Å². The van der Waals surface area contributed by atoms with Gasteiger partial charge in [-0.05, 0) is 35.7 Å². The van der Waals surface area contributed by atoms with Gasteiger partial charge in [-0.2, -0.15) is 5.26 Å². The lowest BCUT2D eigenvalue weighted by Gasteiger charge is -2.09. The molecule has 0 unspecified atom stereocenters. The van der Waals surface area contributed by atoms with Crippen LogP contribution in [0.25, 0.3) is 0 Å². The molecule has 0 bridgehead atoms. The second-order valence-corrected chi connectivity index (χ2v) is 4.36. The van der Waals surface area contributed by atoms with Crippen LogP contribution in [-0.4, -0.2) is 0 Å². The van der Waals surface area contributed by atoms with Gasteiger partial charge in [0, 0.05) is 5.41 Å². The van der Waals surface area contributed by atoms with E-state index in [1.807, 2.05) is 12.1 Å². The Labute approximate surface area is 95.0 Å². The van der Waals surface area contributed by atoms with Gasteiger partial charge in [0.15, 0.2) is 0 Å². The summed E-state index contributed by atoms with van der Waals surface area (Å²) in [6.45, 7) is 2.24. The molecular formula is C15H11N. The lowest BCUT2D eigenvalue weighted by Crippen LogP contribution is -2.03. The quantitative estimate of drug-likeness (QED) is 0.701. The standard InChI is InChI=1S/C15H11N/c1-15(13-4-2-3-5-14(13)15)12-8-6-11(10-16)7-9-12/h2-9H,1H3. The normalized spacial score (nSPS) is 15.0. The molecule has 0 saturated carbocycles. The molecule has 0 fully saturated rings. The zero-order chi connectivity index (χ0) is 11.2. The van der Waals surface area contributed by atoms with Crippen LogP contribution >= 0.6 is 0 Å². The van der Waals surface area contributed by atoms with E-state index in [1.165, 1.54) is 16.7 Å². The number of hydrogen-bond acceptors (Lipinski definition) is 1. The molecule has 0 aromatic heterocycles. The minimum Gasteiger partial charge on any atom is -0.192 e. The first-order valence-electron chi connectivity index (χ1n) is 5.37. The van der Waals surface area contributed by atoms with Crippen molar-refractivity contribution in [2.75, 3.05) is 0 Å². The molecule has 0 aliphatic heterocycles. The number of fused-ring (bicyclic) bond motifs is 1. The highest BCUT2D eigenvalue weighted by Gasteiger charge is 2.46. The molecule has 16 heavy (non-hydrogen) atoms. The van der Waals surface area contributed by atoms with E-state index in [1.54, 1.807) is 0 Å². The largest absolute Gasteiger partial charge is 0.192 e. The molecule has 2 aromatic carbocycles. The van der Waals surface area contributed by atoms with Crippen molar-refractivity contribution in [3.05, 3.63) is 70.8 Å². The Morgan fingerprint density at radius 2 is 1.50 bits per heavy atom. The molecule has 0 saturated heterocycles. The SMILES string of the molecule is CC1(c2ccc(C#N)cc2)c2ccccc21. The molecule has 0 N–H and O–H groups in total. The molecule has 1 aliphatic rings. The zero-order valence-corrected chi connectivity index (χ0v) is 9.07. The molecule has 0 radical (unpaired) electrons. The molecule has 0 amide bonds. The van der Waals surface area contributed by atoms with Gasteiger partial charge in [0.1, 0.15) is 0 Å². The maximum Gasteiger partial charge on any atom is 0.0991 e. The summed E-state index contributed by atoms with van der Waals surface area (Å²) in [6.07, 6.45) is 0. The first-order chi connectivity index (χ1) is 7.76. The Bertz CT molecular complexity index is 565. The molecule has 1 aliphatic carbocycles. The van der Waals surface area contributed by atoms with E-state index >= 15 is 0 Å². The molecule has 0 spiro atoms. The molecule has 0 atom stereocenters. The van der Waals surface area contributed by atoms with Crippen LogP contribution in [0.3, 0.4) is 0 Å². The van der Waals surface area contributed by atoms with Crippen LogP contribution in [0.4, 0.5) is 0 Å². The summed E-state index contributed by atoms with van der Waals surface area (Å²) in [5, 5.41) is 8.77. The fraction of sp³-hybridized carbons (Fsp3) is 0.133. The summed E-state index contributed by atoms with van der Waals surface area (Å²) < 4.78 is 0. The van der Waals surface area contributed by atoms with Gasteiger partial charge in [0.05, 0.1) is 11.6 Å². The number of rotatable bonds is 1. The van der Waals surface area contributed by atoms with Gasteiger partial charge in [0.25, 0.3) is 0 Å². The second-order valence-electron chi connectivity index (χ2n) is 4.36. The molecular weight excluding hydrogens is 194 g/mol. The Morgan fingerprint density at radius 1 is 0.938 bits per heavy atom. The molecule has 3 rings (SSSR count). The van der Waals surface area contributed by atoms with E-state index in [4.69, 9.17) is 5.26 Å². The minimum atomic E-state index is 0.0808. The van der Waals surface area contributed by atoms with Crippen molar-refractivity contribution in [1.82, 2.24) is 0 Å². The fourth-order valence-electron chi connectivity index (χ4n) is 2.43. The topological polar surface area (TPSA) is 23.8 Å². The van der Waals surface area contributed by atoms with E-state index in [2.05, 4.69) is 49.4 Å². The van der Waals surface area contributed by atoms with E-state index < -0.39 is 0 Å². The van der Waals surface area contributed by atoms with Crippen molar-refractivity contribution >= 4 is 0 Å². The summed E-state index contributed by atoms with van der Waals surface area (Å²) in [5.74, 6) is 0. The lowest BCUT2D eigenvalue weighted by atomic mass is 9.93. The van der Waals surface area contributed by atoms with Gasteiger partial charge in [-0.3, -0.25) is 0 Å². The third kappa shape index (κ3) is 1.05.